The molecule has 5 nitrogen and oxygen atoms in total. The zero-order valence-corrected chi connectivity index (χ0v) is 19.2. The fourth-order valence-electron chi connectivity index (χ4n) is 4.48. The molecule has 33 heavy (non-hydrogen) atoms. The summed E-state index contributed by atoms with van der Waals surface area (Å²) in [7, 11) is 0. The van der Waals surface area contributed by atoms with Crippen LogP contribution < -0.4 is 5.32 Å². The molecular weight excluding hydrogens is 428 g/mol. The number of benzene rings is 1. The molecule has 0 amide bonds. The molecule has 0 saturated heterocycles. The molecule has 0 bridgehead atoms. The Morgan fingerprint density at radius 3 is 2.58 bits per heavy atom. The number of thiophene rings is 1. The van der Waals surface area contributed by atoms with E-state index in [1.165, 1.54) is 24.2 Å². The molecule has 0 aliphatic heterocycles. The van der Waals surface area contributed by atoms with Gasteiger partial charge in [-0.05, 0) is 72.9 Å². The van der Waals surface area contributed by atoms with Crippen molar-refractivity contribution in [2.75, 3.05) is 5.32 Å². The van der Waals surface area contributed by atoms with E-state index in [1.54, 1.807) is 18.5 Å². The van der Waals surface area contributed by atoms with Crippen LogP contribution >= 0.6 is 11.3 Å². The minimum Gasteiger partial charge on any atom is -0.381 e. The third kappa shape index (κ3) is 4.37. The van der Waals surface area contributed by atoms with Crippen LogP contribution in [0.4, 0.5) is 5.69 Å². The summed E-state index contributed by atoms with van der Waals surface area (Å²) in [6.07, 6.45) is 7.99. The lowest BCUT2D eigenvalue weighted by molar-refractivity contribution is 0.104. The predicted molar refractivity (Wildman–Crippen MR) is 132 cm³/mol. The van der Waals surface area contributed by atoms with Crippen LogP contribution in [-0.4, -0.2) is 21.8 Å². The highest BCUT2D eigenvalue weighted by molar-refractivity contribution is 7.12. The summed E-state index contributed by atoms with van der Waals surface area (Å²) in [5, 5.41) is 15.6. The SMILES string of the molecule is CC1CCC(Nc2c(C(=O)c3cccs3)cnc3ccc(-c4ccc(C#N)nc4)cc23)CC1. The molecule has 3 aromatic heterocycles. The summed E-state index contributed by atoms with van der Waals surface area (Å²) in [5.74, 6) is 0.747. The van der Waals surface area contributed by atoms with E-state index in [-0.39, 0.29) is 5.78 Å². The zero-order valence-electron chi connectivity index (χ0n) is 18.4. The lowest BCUT2D eigenvalue weighted by Crippen LogP contribution is -2.26. The van der Waals surface area contributed by atoms with Crippen LogP contribution in [0.15, 0.2) is 60.2 Å². The molecule has 4 aromatic rings. The van der Waals surface area contributed by atoms with Gasteiger partial charge in [-0.2, -0.15) is 5.26 Å². The maximum atomic E-state index is 13.4. The Bertz CT molecular complexity index is 1330. The second kappa shape index (κ2) is 9.13. The molecule has 1 saturated carbocycles. The van der Waals surface area contributed by atoms with Crippen molar-refractivity contribution in [3.05, 3.63) is 76.4 Å². The Morgan fingerprint density at radius 1 is 1.06 bits per heavy atom. The van der Waals surface area contributed by atoms with Gasteiger partial charge in [-0.15, -0.1) is 11.3 Å². The smallest absolute Gasteiger partial charge is 0.206 e. The van der Waals surface area contributed by atoms with Crippen LogP contribution in [-0.2, 0) is 0 Å². The molecule has 0 radical (unpaired) electrons. The third-order valence-electron chi connectivity index (χ3n) is 6.43. The van der Waals surface area contributed by atoms with Gasteiger partial charge in [0.1, 0.15) is 11.8 Å². The molecule has 0 atom stereocenters. The van der Waals surface area contributed by atoms with Crippen molar-refractivity contribution < 1.29 is 4.79 Å². The number of carbonyl (C=O) groups is 1. The Labute approximate surface area is 197 Å². The first-order valence-electron chi connectivity index (χ1n) is 11.3. The molecule has 0 unspecified atom stereocenters. The van der Waals surface area contributed by atoms with E-state index in [9.17, 15) is 4.79 Å². The predicted octanol–water partition coefficient (Wildman–Crippen LogP) is 6.45. The minimum atomic E-state index is -0.00322. The average molecular weight is 453 g/mol. The van der Waals surface area contributed by atoms with Gasteiger partial charge < -0.3 is 5.32 Å². The number of nitrogens with one attached hydrogen (secondary N) is 1. The van der Waals surface area contributed by atoms with Crippen molar-refractivity contribution in [3.8, 4) is 17.2 Å². The molecule has 164 valence electrons. The maximum Gasteiger partial charge on any atom is 0.206 e. The largest absolute Gasteiger partial charge is 0.381 e. The molecule has 6 heteroatoms. The molecule has 1 fully saturated rings. The number of rotatable bonds is 5. The van der Waals surface area contributed by atoms with Crippen molar-refractivity contribution in [1.29, 1.82) is 5.26 Å². The highest BCUT2D eigenvalue weighted by atomic mass is 32.1. The number of nitrogens with zero attached hydrogens (tertiary/aromatic N) is 3. The van der Waals surface area contributed by atoms with E-state index in [0.29, 0.717) is 22.2 Å². The number of fused-ring (bicyclic) bond motifs is 1. The first-order valence-corrected chi connectivity index (χ1v) is 12.1. The molecule has 1 aromatic carbocycles. The summed E-state index contributed by atoms with van der Waals surface area (Å²) in [4.78, 5) is 22.9. The third-order valence-corrected chi connectivity index (χ3v) is 7.30. The monoisotopic (exact) mass is 452 g/mol. The highest BCUT2D eigenvalue weighted by Gasteiger charge is 2.23. The maximum absolute atomic E-state index is 13.4. The van der Waals surface area contributed by atoms with E-state index in [4.69, 9.17) is 5.26 Å². The second-order valence-corrected chi connectivity index (χ2v) is 9.68. The number of nitriles is 1. The molecular formula is C27H24N4OS. The quantitative estimate of drug-likeness (QED) is 0.352. The Hall–Kier alpha value is -3.56. The fourth-order valence-corrected chi connectivity index (χ4v) is 5.16. The van der Waals surface area contributed by atoms with Gasteiger partial charge in [-0.1, -0.05) is 19.1 Å². The number of anilines is 1. The average Bonchev–Trinajstić information content (AvgIpc) is 3.40. The van der Waals surface area contributed by atoms with Crippen LogP contribution in [0.1, 0.15) is 53.5 Å². The topological polar surface area (TPSA) is 78.7 Å². The summed E-state index contributed by atoms with van der Waals surface area (Å²) < 4.78 is 0. The van der Waals surface area contributed by atoms with Gasteiger partial charge in [0.05, 0.1) is 21.6 Å². The Balaban J connectivity index is 1.62. The molecule has 1 aliphatic carbocycles. The molecule has 3 heterocycles. The van der Waals surface area contributed by atoms with E-state index < -0.39 is 0 Å². The first kappa shape index (κ1) is 21.3. The van der Waals surface area contributed by atoms with E-state index in [1.807, 2.05) is 35.7 Å². The van der Waals surface area contributed by atoms with Crippen molar-refractivity contribution in [2.24, 2.45) is 5.92 Å². The molecule has 0 spiro atoms. The van der Waals surface area contributed by atoms with Gasteiger partial charge in [0.15, 0.2) is 0 Å². The summed E-state index contributed by atoms with van der Waals surface area (Å²) >= 11 is 1.45. The molecule has 1 N–H and O–H groups in total. The van der Waals surface area contributed by atoms with Crippen LogP contribution in [0.5, 0.6) is 0 Å². The van der Waals surface area contributed by atoms with E-state index in [0.717, 1.165) is 46.5 Å². The van der Waals surface area contributed by atoms with Gasteiger partial charge >= 0.3 is 0 Å². The van der Waals surface area contributed by atoms with Crippen LogP contribution in [0.2, 0.25) is 0 Å². The second-order valence-electron chi connectivity index (χ2n) is 8.73. The number of hydrogen-bond donors (Lipinski definition) is 1. The first-order chi connectivity index (χ1) is 16.1. The normalized spacial score (nSPS) is 18.1. The van der Waals surface area contributed by atoms with Crippen LogP contribution in [0.25, 0.3) is 22.0 Å². The summed E-state index contributed by atoms with van der Waals surface area (Å²) in [6.45, 7) is 2.31. The van der Waals surface area contributed by atoms with Gasteiger partial charge in [0.25, 0.3) is 0 Å². The lowest BCUT2D eigenvalue weighted by atomic mass is 9.87. The Morgan fingerprint density at radius 2 is 1.88 bits per heavy atom. The van der Waals surface area contributed by atoms with Crippen LogP contribution in [0.3, 0.4) is 0 Å². The molecule has 5 rings (SSSR count). The van der Waals surface area contributed by atoms with Crippen molar-refractivity contribution in [3.63, 3.8) is 0 Å². The van der Waals surface area contributed by atoms with Crippen molar-refractivity contribution >= 4 is 33.7 Å². The molecule has 1 aliphatic rings. The van der Waals surface area contributed by atoms with Gasteiger partial charge in [0, 0.05) is 29.4 Å². The zero-order chi connectivity index (χ0) is 22.8. The summed E-state index contributed by atoms with van der Waals surface area (Å²) in [5.41, 5.74) is 4.60. The van der Waals surface area contributed by atoms with Crippen molar-refractivity contribution in [2.45, 2.75) is 38.6 Å². The van der Waals surface area contributed by atoms with E-state index >= 15 is 0 Å². The Kier molecular flexibility index (Phi) is 5.89. The number of carbonyl (C=O) groups excluding carboxylic acids is 1. The summed E-state index contributed by atoms with van der Waals surface area (Å²) in [6, 6.07) is 15.8. The van der Waals surface area contributed by atoms with Crippen LogP contribution in [0, 0.1) is 17.2 Å². The fraction of sp³-hybridized carbons (Fsp3) is 0.259. The van der Waals surface area contributed by atoms with Gasteiger partial charge in [0.2, 0.25) is 5.78 Å². The van der Waals surface area contributed by atoms with Crippen molar-refractivity contribution in [1.82, 2.24) is 9.97 Å². The standard InChI is InChI=1S/C27H24N4OS/c1-17-4-8-20(9-5-17)31-26-22-13-18(19-6-10-21(14-28)29-15-19)7-11-24(22)30-16-23(26)27(32)25-3-2-12-33-25/h2-3,6-7,10-13,15-17,20H,4-5,8-9H2,1H3,(H,30,31). The highest BCUT2D eigenvalue weighted by Crippen LogP contribution is 2.35. The number of ketones is 1. The number of pyridine rings is 2. The number of aromatic nitrogens is 2. The lowest BCUT2D eigenvalue weighted by Gasteiger charge is -2.29. The van der Waals surface area contributed by atoms with Gasteiger partial charge in [-0.25, -0.2) is 4.98 Å². The number of hydrogen-bond acceptors (Lipinski definition) is 6. The minimum absolute atomic E-state index is 0.00322. The van der Waals surface area contributed by atoms with Gasteiger partial charge in [-0.3, -0.25) is 9.78 Å². The van der Waals surface area contributed by atoms with E-state index in [2.05, 4.69) is 34.3 Å².